The fourth-order valence-electron chi connectivity index (χ4n) is 19.2. The second kappa shape index (κ2) is 28.4. The van der Waals surface area contributed by atoms with Gasteiger partial charge in [0, 0.05) is 182 Å². The first kappa shape index (κ1) is 72.6. The van der Waals surface area contributed by atoms with Crippen molar-refractivity contribution in [2.75, 3.05) is 0 Å². The summed E-state index contributed by atoms with van der Waals surface area (Å²) in [5, 5.41) is 37.7. The highest BCUT2D eigenvalue weighted by Gasteiger charge is 2.24. The lowest BCUT2D eigenvalue weighted by atomic mass is 10.1. The lowest BCUT2D eigenvalue weighted by Gasteiger charge is -2.09. The first-order chi connectivity index (χ1) is 59.7. The maximum absolute atomic E-state index is 9.83. The van der Waals surface area contributed by atoms with Gasteiger partial charge < -0.3 is 36.5 Å². The Morgan fingerprint density at radius 3 is 1.02 bits per heavy atom. The predicted molar refractivity (Wildman–Crippen MR) is 503 cm³/mol. The number of fused-ring (bicyclic) bond motifs is 24. The number of aryl methyl sites for hydroxylation is 6. The summed E-state index contributed by atoms with van der Waals surface area (Å²) in [6, 6.07) is 113. The SMILES string of the molecule is [C-]#[N+]c1ccc2c(c1)c1cc(C)ccc1n2-c1ccc2c(c1)c1ccccc1n2C.[C-]#[N+]c1ccc2c(c1)c1cccc(C#N)c1n2-c1ccc2c(c1)c1ccccc1n2C.[C-]#[N+]c1ccc2c3ccc(C)cc3n(-c3ccc4c(c3)c3ccccc3n4C)c2c1.[C-]#[N+]c1cccc2c1c1c(C#N)cccc1n2-c1ccc2c(c1)c1ccccc1n2C. The van der Waals surface area contributed by atoms with Crippen LogP contribution in [-0.4, -0.2) is 36.5 Å². The molecule has 8 aromatic heterocycles. The van der Waals surface area contributed by atoms with E-state index in [4.69, 9.17) is 26.3 Å². The van der Waals surface area contributed by atoms with Crippen LogP contribution < -0.4 is 0 Å². The van der Waals surface area contributed by atoms with Crippen LogP contribution in [0.5, 0.6) is 0 Å². The zero-order valence-corrected chi connectivity index (χ0v) is 67.3. The number of para-hydroxylation sites is 5. The normalized spacial score (nSPS) is 11.5. The molecule has 24 aromatic rings. The highest BCUT2D eigenvalue weighted by atomic mass is 15.0. The molecule has 572 valence electrons. The number of nitriles is 2. The Bertz CT molecular complexity index is 8880. The van der Waals surface area contributed by atoms with Crippen molar-refractivity contribution in [3.8, 4) is 34.9 Å². The van der Waals surface area contributed by atoms with Gasteiger partial charge in [-0.3, -0.25) is 0 Å². The Morgan fingerprint density at radius 2 is 0.541 bits per heavy atom. The molecule has 122 heavy (non-hydrogen) atoms. The van der Waals surface area contributed by atoms with Crippen LogP contribution in [0.3, 0.4) is 0 Å². The van der Waals surface area contributed by atoms with Crippen LogP contribution in [0.1, 0.15) is 22.3 Å². The summed E-state index contributed by atoms with van der Waals surface area (Å²) in [4.78, 5) is 14.7. The zero-order chi connectivity index (χ0) is 83.0. The molecule has 0 aliphatic rings. The third-order valence-electron chi connectivity index (χ3n) is 24.7. The quantitative estimate of drug-likeness (QED) is 0.164. The minimum absolute atomic E-state index is 0.565. The molecule has 0 aliphatic heterocycles. The minimum atomic E-state index is 0.565. The summed E-state index contributed by atoms with van der Waals surface area (Å²) in [7, 11) is 8.42. The van der Waals surface area contributed by atoms with Gasteiger partial charge in [0.15, 0.2) is 22.7 Å². The molecular weight excluding hydrogens is 1490 g/mol. The smallest absolute Gasteiger partial charge is 0.197 e. The van der Waals surface area contributed by atoms with Crippen molar-refractivity contribution in [2.45, 2.75) is 13.8 Å². The molecule has 8 heterocycles. The van der Waals surface area contributed by atoms with E-state index in [0.29, 0.717) is 33.9 Å². The molecule has 14 heteroatoms. The highest BCUT2D eigenvalue weighted by Crippen LogP contribution is 2.45. The first-order valence-electron chi connectivity index (χ1n) is 40.2. The monoisotopic (exact) mass is 1560 g/mol. The maximum atomic E-state index is 9.83. The van der Waals surface area contributed by atoms with Crippen LogP contribution in [0.15, 0.2) is 315 Å². The third kappa shape index (κ3) is 11.1. The van der Waals surface area contributed by atoms with Gasteiger partial charge in [0.1, 0.15) is 6.07 Å². The van der Waals surface area contributed by atoms with Gasteiger partial charge in [0.25, 0.3) is 0 Å². The molecule has 0 spiro atoms. The van der Waals surface area contributed by atoms with E-state index in [1.807, 2.05) is 97.1 Å². The number of hydrogen-bond acceptors (Lipinski definition) is 2. The van der Waals surface area contributed by atoms with Gasteiger partial charge in [0.2, 0.25) is 0 Å². The maximum Gasteiger partial charge on any atom is 0.197 e. The summed E-state index contributed by atoms with van der Waals surface area (Å²) >= 11 is 0. The van der Waals surface area contributed by atoms with Crippen molar-refractivity contribution in [2.24, 2.45) is 28.2 Å². The van der Waals surface area contributed by atoms with Gasteiger partial charge in [-0.25, -0.2) is 19.4 Å². The summed E-state index contributed by atoms with van der Waals surface area (Å²) in [5.74, 6) is 0. The molecule has 16 aromatic carbocycles. The summed E-state index contributed by atoms with van der Waals surface area (Å²) in [6.07, 6.45) is 0. The lowest BCUT2D eigenvalue weighted by Crippen LogP contribution is -1.96. The molecule has 0 radical (unpaired) electrons. The summed E-state index contributed by atoms with van der Waals surface area (Å²) in [5.41, 5.74) is 28.3. The molecule has 24 rings (SSSR count). The van der Waals surface area contributed by atoms with Crippen LogP contribution in [0.25, 0.3) is 217 Å². The molecule has 0 saturated carbocycles. The predicted octanol–water partition coefficient (Wildman–Crippen LogP) is 28.3. The average Bonchev–Trinajstić information content (AvgIpc) is 1.58. The van der Waals surface area contributed by atoms with Crippen molar-refractivity contribution >= 4 is 197 Å². The van der Waals surface area contributed by atoms with Crippen LogP contribution >= 0.6 is 0 Å². The minimum Gasteiger partial charge on any atom is -0.344 e. The first-order valence-corrected chi connectivity index (χ1v) is 40.2. The van der Waals surface area contributed by atoms with Crippen LogP contribution in [0.2, 0.25) is 0 Å². The number of benzene rings is 16. The molecule has 0 N–H and O–H groups in total. The second-order valence-corrected chi connectivity index (χ2v) is 31.3. The Balaban J connectivity index is 0.000000100. The van der Waals surface area contributed by atoms with E-state index in [9.17, 15) is 10.5 Å². The third-order valence-corrected chi connectivity index (χ3v) is 24.7. The molecular formula is C108H70N14. The number of hydrogen-bond donors (Lipinski definition) is 0. The van der Waals surface area contributed by atoms with E-state index in [0.717, 1.165) is 88.3 Å². The fraction of sp³-hybridized carbons (Fsp3) is 0.0556. The van der Waals surface area contributed by atoms with Crippen molar-refractivity contribution in [1.82, 2.24) is 36.5 Å². The molecule has 14 nitrogen and oxygen atoms in total. The van der Waals surface area contributed by atoms with Crippen molar-refractivity contribution < 1.29 is 0 Å². The van der Waals surface area contributed by atoms with Crippen molar-refractivity contribution in [1.29, 1.82) is 10.5 Å². The van der Waals surface area contributed by atoms with E-state index in [2.05, 4.69) is 328 Å². The van der Waals surface area contributed by atoms with E-state index in [1.165, 1.54) is 120 Å². The van der Waals surface area contributed by atoms with Gasteiger partial charge in [0.05, 0.1) is 76.6 Å². The number of rotatable bonds is 4. The van der Waals surface area contributed by atoms with Crippen LogP contribution in [-0.2, 0) is 28.2 Å². The highest BCUT2D eigenvalue weighted by molar-refractivity contribution is 6.20. The molecule has 0 amide bonds. The van der Waals surface area contributed by atoms with Gasteiger partial charge in [-0.1, -0.05) is 151 Å². The van der Waals surface area contributed by atoms with E-state index < -0.39 is 0 Å². The van der Waals surface area contributed by atoms with Crippen LogP contribution in [0, 0.1) is 62.8 Å². The second-order valence-electron chi connectivity index (χ2n) is 31.3. The van der Waals surface area contributed by atoms with Crippen LogP contribution in [0.4, 0.5) is 22.7 Å². The lowest BCUT2D eigenvalue weighted by molar-refractivity contribution is 1.01. The molecule has 0 atom stereocenters. The average molecular weight is 1560 g/mol. The van der Waals surface area contributed by atoms with Gasteiger partial charge in [-0.2, -0.15) is 10.5 Å². The standard InChI is InChI=1S/2C27H16N4.2C27H19N3/c1-29-21-9-6-12-25-27(21)26-17(16-28)7-5-11-24(26)31(25)18-13-14-23-20(15-18)19-8-3-4-10-22(19)30(23)2;1-29-18-10-12-26-22(14-18)21-8-5-6-17(16-28)27(21)31(26)19-11-13-25-23(15-19)20-7-3-4-9-24(20)30(25)2;1-17-8-11-26-21(14-17)22-15-18(28-2)9-12-27(22)30(26)19-10-13-25-23(16-19)20-6-4-5-7-24(20)29(25)3;1-17-8-11-21-22-12-9-18(28-2)15-27(22)30(26(21)14-17)19-10-13-25-23(16-19)20-6-4-5-7-24(20)29(25)3/h2*3-15H,2H3;2*4-16H,1,3H3. The summed E-state index contributed by atoms with van der Waals surface area (Å²) < 4.78 is 17.9. The molecule has 0 saturated heterocycles. The van der Waals surface area contributed by atoms with Gasteiger partial charge in [-0.15, -0.1) is 0 Å². The van der Waals surface area contributed by atoms with Gasteiger partial charge >= 0.3 is 0 Å². The fourth-order valence-corrected chi connectivity index (χ4v) is 19.2. The Morgan fingerprint density at radius 1 is 0.230 bits per heavy atom. The molecule has 0 bridgehead atoms. The topological polar surface area (TPSA) is 104 Å². The van der Waals surface area contributed by atoms with E-state index in [-0.39, 0.29) is 0 Å². The van der Waals surface area contributed by atoms with E-state index >= 15 is 0 Å². The Hall–Kier alpha value is -17.1. The van der Waals surface area contributed by atoms with Crippen molar-refractivity contribution in [3.05, 3.63) is 383 Å². The Labute approximate surface area is 700 Å². The molecule has 0 unspecified atom stereocenters. The van der Waals surface area contributed by atoms with E-state index in [1.54, 1.807) is 0 Å². The zero-order valence-electron chi connectivity index (χ0n) is 67.3. The number of aromatic nitrogens is 8. The number of nitrogens with zero attached hydrogens (tertiary/aromatic N) is 14. The Kier molecular flexibility index (Phi) is 16.9. The van der Waals surface area contributed by atoms with Crippen molar-refractivity contribution in [3.63, 3.8) is 0 Å². The molecule has 0 aliphatic carbocycles. The van der Waals surface area contributed by atoms with Gasteiger partial charge in [-0.05, 0) is 200 Å². The molecule has 0 fully saturated rings. The largest absolute Gasteiger partial charge is 0.344 e. The summed E-state index contributed by atoms with van der Waals surface area (Å²) in [6.45, 7) is 34.2.